The summed E-state index contributed by atoms with van der Waals surface area (Å²) in [6.07, 6.45) is 11.4. The molecule has 0 amide bonds. The van der Waals surface area contributed by atoms with E-state index in [0.29, 0.717) is 0 Å². The van der Waals surface area contributed by atoms with Gasteiger partial charge in [0.2, 0.25) is 0 Å². The Morgan fingerprint density at radius 3 is 1.60 bits per heavy atom. The van der Waals surface area contributed by atoms with E-state index in [1.54, 1.807) is 0 Å². The molecule has 1 rings (SSSR count). The number of hydrogen-bond acceptors (Lipinski definition) is 0. The van der Waals surface area contributed by atoms with Gasteiger partial charge in [-0.25, -0.2) is 0 Å². The van der Waals surface area contributed by atoms with Crippen LogP contribution in [0.3, 0.4) is 0 Å². The molecule has 0 bridgehead atoms. The first-order valence-corrected chi connectivity index (χ1v) is 4.72. The molecule has 1 aliphatic rings. The molecule has 1 fully saturated rings. The maximum Gasteiger partial charge on any atom is -0.0414 e. The third-order valence-corrected chi connectivity index (χ3v) is 2.47. The van der Waals surface area contributed by atoms with Gasteiger partial charge >= 0.3 is 0 Å². The molecule has 0 aromatic carbocycles. The second kappa shape index (κ2) is 4.76. The van der Waals surface area contributed by atoms with E-state index in [1.165, 1.54) is 51.4 Å². The molecular formula is C10H19. The smallest absolute Gasteiger partial charge is 0.0414 e. The monoisotopic (exact) mass is 139 g/mol. The highest BCUT2D eigenvalue weighted by molar-refractivity contribution is 4.63. The predicted octanol–water partition coefficient (Wildman–Crippen LogP) is 3.57. The van der Waals surface area contributed by atoms with Crippen LogP contribution < -0.4 is 0 Å². The van der Waals surface area contributed by atoms with E-state index in [0.717, 1.165) is 5.92 Å². The summed E-state index contributed by atoms with van der Waals surface area (Å²) in [6.45, 7) is 4.14. The van der Waals surface area contributed by atoms with Crippen molar-refractivity contribution in [2.24, 2.45) is 5.92 Å². The van der Waals surface area contributed by atoms with Gasteiger partial charge in [0.15, 0.2) is 0 Å². The van der Waals surface area contributed by atoms with E-state index in [4.69, 9.17) is 0 Å². The lowest BCUT2D eigenvalue weighted by Gasteiger charge is -2.06. The molecule has 1 saturated carbocycles. The van der Waals surface area contributed by atoms with Crippen LogP contribution in [-0.4, -0.2) is 0 Å². The van der Waals surface area contributed by atoms with Gasteiger partial charge in [-0.2, -0.15) is 0 Å². The third-order valence-electron chi connectivity index (χ3n) is 2.47. The summed E-state index contributed by atoms with van der Waals surface area (Å²) in [6, 6.07) is 0. The lowest BCUT2D eigenvalue weighted by molar-refractivity contribution is 0.507. The van der Waals surface area contributed by atoms with E-state index in [-0.39, 0.29) is 0 Å². The Balaban J connectivity index is 2.15. The molecular weight excluding hydrogens is 120 g/mol. The van der Waals surface area contributed by atoms with Crippen LogP contribution in [-0.2, 0) is 0 Å². The first-order valence-electron chi connectivity index (χ1n) is 4.72. The SMILES string of the molecule is [CH2]C1CCCCCCCC1. The zero-order valence-electron chi connectivity index (χ0n) is 6.94. The molecule has 0 aromatic rings. The largest absolute Gasteiger partial charge is 0.0533 e. The van der Waals surface area contributed by atoms with Crippen molar-refractivity contribution in [3.63, 3.8) is 0 Å². The average molecular weight is 139 g/mol. The van der Waals surface area contributed by atoms with Crippen LogP contribution in [0.25, 0.3) is 0 Å². The first kappa shape index (κ1) is 8.10. The molecule has 0 atom stereocenters. The summed E-state index contributed by atoms with van der Waals surface area (Å²) in [5.74, 6) is 0.762. The maximum absolute atomic E-state index is 4.14. The molecule has 0 nitrogen and oxygen atoms in total. The summed E-state index contributed by atoms with van der Waals surface area (Å²) >= 11 is 0. The van der Waals surface area contributed by atoms with Gasteiger partial charge in [0.25, 0.3) is 0 Å². The second-order valence-corrected chi connectivity index (χ2v) is 3.56. The minimum absolute atomic E-state index is 0.762. The highest BCUT2D eigenvalue weighted by Crippen LogP contribution is 2.20. The molecule has 59 valence electrons. The summed E-state index contributed by atoms with van der Waals surface area (Å²) < 4.78 is 0. The molecule has 0 heterocycles. The molecule has 0 saturated heterocycles. The molecule has 0 N–H and O–H groups in total. The van der Waals surface area contributed by atoms with Gasteiger partial charge in [-0.1, -0.05) is 58.3 Å². The van der Waals surface area contributed by atoms with Crippen LogP contribution in [0.1, 0.15) is 51.4 Å². The van der Waals surface area contributed by atoms with Gasteiger partial charge < -0.3 is 0 Å². The Hall–Kier alpha value is 0. The van der Waals surface area contributed by atoms with Crippen molar-refractivity contribution in [1.82, 2.24) is 0 Å². The summed E-state index contributed by atoms with van der Waals surface area (Å²) in [5.41, 5.74) is 0. The van der Waals surface area contributed by atoms with Crippen LogP contribution in [0.15, 0.2) is 0 Å². The molecule has 0 heteroatoms. The minimum Gasteiger partial charge on any atom is -0.0533 e. The first-order chi connectivity index (χ1) is 4.89. The van der Waals surface area contributed by atoms with E-state index < -0.39 is 0 Å². The lowest BCUT2D eigenvalue weighted by atomic mass is 10.00. The molecule has 0 spiro atoms. The highest BCUT2D eigenvalue weighted by Gasteiger charge is 2.04. The minimum atomic E-state index is 0.762. The van der Waals surface area contributed by atoms with Gasteiger partial charge in [0.05, 0.1) is 0 Å². The average Bonchev–Trinajstić information content (AvgIpc) is 2.02. The fourth-order valence-electron chi connectivity index (χ4n) is 1.72. The van der Waals surface area contributed by atoms with E-state index in [9.17, 15) is 0 Å². The standard InChI is InChI=1S/C10H19/c1-10-8-6-4-2-3-5-7-9-10/h10H,1-9H2. The Labute approximate surface area is 65.0 Å². The predicted molar refractivity (Wildman–Crippen MR) is 45.8 cm³/mol. The molecule has 0 aliphatic heterocycles. The second-order valence-electron chi connectivity index (χ2n) is 3.56. The van der Waals surface area contributed by atoms with E-state index >= 15 is 0 Å². The van der Waals surface area contributed by atoms with Crippen molar-refractivity contribution in [3.05, 3.63) is 6.92 Å². The summed E-state index contributed by atoms with van der Waals surface area (Å²) in [4.78, 5) is 0. The zero-order chi connectivity index (χ0) is 7.23. The van der Waals surface area contributed by atoms with Gasteiger partial charge in [0, 0.05) is 0 Å². The normalized spacial score (nSPS) is 24.9. The van der Waals surface area contributed by atoms with Crippen molar-refractivity contribution >= 4 is 0 Å². The lowest BCUT2D eigenvalue weighted by Crippen LogP contribution is -1.92. The van der Waals surface area contributed by atoms with Crippen LogP contribution in [0.4, 0.5) is 0 Å². The van der Waals surface area contributed by atoms with Crippen molar-refractivity contribution in [2.75, 3.05) is 0 Å². The van der Waals surface area contributed by atoms with Crippen LogP contribution in [0.5, 0.6) is 0 Å². The molecule has 0 aromatic heterocycles. The van der Waals surface area contributed by atoms with E-state index in [2.05, 4.69) is 6.92 Å². The maximum atomic E-state index is 4.14. The van der Waals surface area contributed by atoms with Crippen molar-refractivity contribution in [1.29, 1.82) is 0 Å². The molecule has 1 radical (unpaired) electrons. The fraction of sp³-hybridized carbons (Fsp3) is 0.900. The quantitative estimate of drug-likeness (QED) is 0.481. The van der Waals surface area contributed by atoms with Gasteiger partial charge in [-0.05, 0) is 5.92 Å². The van der Waals surface area contributed by atoms with Gasteiger partial charge in [-0.3, -0.25) is 0 Å². The van der Waals surface area contributed by atoms with E-state index in [1.807, 2.05) is 0 Å². The molecule has 10 heavy (non-hydrogen) atoms. The Morgan fingerprint density at radius 1 is 0.700 bits per heavy atom. The fourth-order valence-corrected chi connectivity index (χ4v) is 1.72. The van der Waals surface area contributed by atoms with Crippen LogP contribution >= 0.6 is 0 Å². The Kier molecular flexibility index (Phi) is 3.86. The number of hydrogen-bond donors (Lipinski definition) is 0. The van der Waals surface area contributed by atoms with Crippen molar-refractivity contribution < 1.29 is 0 Å². The van der Waals surface area contributed by atoms with Gasteiger partial charge in [-0.15, -0.1) is 0 Å². The zero-order valence-corrected chi connectivity index (χ0v) is 6.94. The third kappa shape index (κ3) is 3.24. The van der Waals surface area contributed by atoms with Crippen LogP contribution in [0, 0.1) is 12.8 Å². The Morgan fingerprint density at radius 2 is 1.10 bits per heavy atom. The molecule has 1 aliphatic carbocycles. The molecule has 0 unspecified atom stereocenters. The van der Waals surface area contributed by atoms with Gasteiger partial charge in [0.1, 0.15) is 0 Å². The highest BCUT2D eigenvalue weighted by atomic mass is 14.1. The number of rotatable bonds is 0. The van der Waals surface area contributed by atoms with Crippen molar-refractivity contribution in [2.45, 2.75) is 51.4 Å². The Bertz CT molecular complexity index is 66.1. The van der Waals surface area contributed by atoms with Crippen molar-refractivity contribution in [3.8, 4) is 0 Å². The topological polar surface area (TPSA) is 0 Å². The summed E-state index contributed by atoms with van der Waals surface area (Å²) in [7, 11) is 0. The summed E-state index contributed by atoms with van der Waals surface area (Å²) in [5, 5.41) is 0. The van der Waals surface area contributed by atoms with Crippen LogP contribution in [0.2, 0.25) is 0 Å².